The lowest BCUT2D eigenvalue weighted by Crippen LogP contribution is -2.01. The zero-order valence-corrected chi connectivity index (χ0v) is 24.8. The third-order valence-corrected chi connectivity index (χ3v) is 8.72. The Hall–Kier alpha value is -6.26. The van der Waals surface area contributed by atoms with Crippen LogP contribution in [0.1, 0.15) is 0 Å². The molecule has 4 heteroatoms. The quantitative estimate of drug-likeness (QED) is 0.193. The van der Waals surface area contributed by atoms with Crippen LogP contribution in [-0.4, -0.2) is 19.9 Å². The van der Waals surface area contributed by atoms with Crippen LogP contribution >= 0.6 is 0 Å². The zero-order chi connectivity index (χ0) is 30.5. The van der Waals surface area contributed by atoms with Crippen molar-refractivity contribution < 1.29 is 0 Å². The molecule has 0 N–H and O–H groups in total. The summed E-state index contributed by atoms with van der Waals surface area (Å²) in [6.07, 6.45) is 1.99. The van der Waals surface area contributed by atoms with Gasteiger partial charge in [-0.25, -0.2) is 15.0 Å². The lowest BCUT2D eigenvalue weighted by atomic mass is 9.89. The number of hydrogen-bond donors (Lipinski definition) is 0. The molecular weight excluding hydrogens is 560 g/mol. The highest BCUT2D eigenvalue weighted by molar-refractivity contribution is 6.32. The van der Waals surface area contributed by atoms with Crippen LogP contribution in [0.2, 0.25) is 0 Å². The molecule has 0 radical (unpaired) electrons. The van der Waals surface area contributed by atoms with Gasteiger partial charge in [0.1, 0.15) is 0 Å². The molecule has 0 atom stereocenters. The summed E-state index contributed by atoms with van der Waals surface area (Å²) in [6, 6.07) is 52.4. The molecular formula is C42H26N4. The summed E-state index contributed by atoms with van der Waals surface area (Å²) in [5.74, 6) is 1.94. The van der Waals surface area contributed by atoms with E-state index >= 15 is 0 Å². The fourth-order valence-corrected chi connectivity index (χ4v) is 6.57. The van der Waals surface area contributed by atoms with E-state index in [1.165, 1.54) is 5.39 Å². The van der Waals surface area contributed by atoms with Crippen molar-refractivity contribution in [3.63, 3.8) is 0 Å². The lowest BCUT2D eigenvalue weighted by molar-refractivity contribution is 1.08. The van der Waals surface area contributed by atoms with Crippen molar-refractivity contribution in [1.82, 2.24) is 19.9 Å². The fourth-order valence-electron chi connectivity index (χ4n) is 6.57. The maximum Gasteiger partial charge on any atom is 0.164 e. The molecule has 0 aliphatic rings. The van der Waals surface area contributed by atoms with E-state index in [9.17, 15) is 0 Å². The fraction of sp³-hybridized carbons (Fsp3) is 0. The molecule has 0 saturated heterocycles. The Labute approximate surface area is 265 Å². The van der Waals surface area contributed by atoms with Gasteiger partial charge < -0.3 is 0 Å². The number of hydrogen-bond acceptors (Lipinski definition) is 4. The summed E-state index contributed by atoms with van der Waals surface area (Å²) in [4.78, 5) is 20.3. The maximum atomic E-state index is 5.12. The Morgan fingerprint density at radius 2 is 0.826 bits per heavy atom. The van der Waals surface area contributed by atoms with Crippen LogP contribution in [0.25, 0.3) is 88.5 Å². The Morgan fingerprint density at radius 3 is 1.46 bits per heavy atom. The molecule has 0 bridgehead atoms. The molecule has 0 fully saturated rings. The van der Waals surface area contributed by atoms with E-state index in [1.807, 2.05) is 72.9 Å². The third-order valence-electron chi connectivity index (χ3n) is 8.72. The van der Waals surface area contributed by atoms with E-state index in [0.29, 0.717) is 17.5 Å². The van der Waals surface area contributed by atoms with Crippen LogP contribution in [-0.2, 0) is 0 Å². The molecule has 0 unspecified atom stereocenters. The van der Waals surface area contributed by atoms with E-state index in [-0.39, 0.29) is 0 Å². The Bertz CT molecular complexity index is 2510. The van der Waals surface area contributed by atoms with E-state index in [2.05, 4.69) is 84.9 Å². The maximum absolute atomic E-state index is 5.12. The molecule has 0 saturated carbocycles. The molecule has 2 aromatic heterocycles. The number of aromatic nitrogens is 4. The minimum absolute atomic E-state index is 0.645. The molecule has 214 valence electrons. The third kappa shape index (κ3) is 4.31. The second kappa shape index (κ2) is 10.7. The number of fused-ring (bicyclic) bond motifs is 8. The van der Waals surface area contributed by atoms with Crippen LogP contribution < -0.4 is 0 Å². The van der Waals surface area contributed by atoms with Crippen molar-refractivity contribution in [1.29, 1.82) is 0 Å². The normalized spacial score (nSPS) is 11.5. The molecule has 7 aromatic carbocycles. The Kier molecular flexibility index (Phi) is 6.10. The number of pyridine rings is 1. The largest absolute Gasteiger partial charge is 0.255 e. The van der Waals surface area contributed by atoms with Crippen molar-refractivity contribution in [3.05, 3.63) is 158 Å². The first-order chi connectivity index (χ1) is 22.8. The summed E-state index contributed by atoms with van der Waals surface area (Å²) >= 11 is 0. The van der Waals surface area contributed by atoms with E-state index in [0.717, 1.165) is 65.7 Å². The molecule has 9 aromatic rings. The summed E-state index contributed by atoms with van der Waals surface area (Å²) in [7, 11) is 0. The average Bonchev–Trinajstić information content (AvgIpc) is 3.15. The van der Waals surface area contributed by atoms with Gasteiger partial charge in [-0.1, -0.05) is 140 Å². The zero-order valence-electron chi connectivity index (χ0n) is 24.8. The number of nitrogens with zero attached hydrogens (tertiary/aromatic N) is 4. The molecule has 4 nitrogen and oxygen atoms in total. The van der Waals surface area contributed by atoms with Crippen LogP contribution in [0, 0.1) is 0 Å². The Balaban J connectivity index is 1.40. The molecule has 0 aliphatic heterocycles. The van der Waals surface area contributed by atoms with Crippen LogP contribution in [0.5, 0.6) is 0 Å². The number of rotatable bonds is 4. The van der Waals surface area contributed by atoms with Crippen LogP contribution in [0.15, 0.2) is 158 Å². The van der Waals surface area contributed by atoms with Gasteiger partial charge in [0.15, 0.2) is 17.5 Å². The van der Waals surface area contributed by atoms with Crippen molar-refractivity contribution in [2.45, 2.75) is 0 Å². The van der Waals surface area contributed by atoms with E-state index in [1.54, 1.807) is 0 Å². The van der Waals surface area contributed by atoms with Gasteiger partial charge in [0.25, 0.3) is 0 Å². The minimum Gasteiger partial charge on any atom is -0.255 e. The van der Waals surface area contributed by atoms with Gasteiger partial charge in [0.2, 0.25) is 0 Å². The van der Waals surface area contributed by atoms with Gasteiger partial charge in [-0.05, 0) is 44.6 Å². The van der Waals surface area contributed by atoms with Gasteiger partial charge >= 0.3 is 0 Å². The Morgan fingerprint density at radius 1 is 0.326 bits per heavy atom. The highest BCUT2D eigenvalue weighted by atomic mass is 15.0. The second-order valence-electron chi connectivity index (χ2n) is 11.5. The monoisotopic (exact) mass is 586 g/mol. The summed E-state index contributed by atoms with van der Waals surface area (Å²) < 4.78 is 0. The van der Waals surface area contributed by atoms with Gasteiger partial charge in [-0.15, -0.1) is 0 Å². The predicted molar refractivity (Wildman–Crippen MR) is 189 cm³/mol. The first-order valence-electron chi connectivity index (χ1n) is 15.4. The standard InChI is InChI=1S/C42H26N4/c1-4-14-27(15-5-1)30-24-37-38-33-22-12-10-20-31(33)36(25-35(38)32-21-11-13-23-34(32)39(37)43-26-30)42-45-40(28-16-6-2-7-17-28)44-41(46-42)29-18-8-3-9-19-29/h1-26H. The average molecular weight is 587 g/mol. The molecule has 9 rings (SSSR count). The van der Waals surface area contributed by atoms with Gasteiger partial charge in [-0.2, -0.15) is 0 Å². The van der Waals surface area contributed by atoms with Crippen molar-refractivity contribution in [2.24, 2.45) is 0 Å². The molecule has 0 aliphatic carbocycles. The van der Waals surface area contributed by atoms with Gasteiger partial charge in [0, 0.05) is 39.2 Å². The highest BCUT2D eigenvalue weighted by Gasteiger charge is 2.19. The lowest BCUT2D eigenvalue weighted by Gasteiger charge is -2.16. The van der Waals surface area contributed by atoms with E-state index in [4.69, 9.17) is 19.9 Å². The van der Waals surface area contributed by atoms with Crippen molar-refractivity contribution >= 4 is 43.2 Å². The summed E-state index contributed by atoms with van der Waals surface area (Å²) in [5.41, 5.74) is 6.10. The predicted octanol–water partition coefficient (Wildman–Crippen LogP) is 10.5. The topological polar surface area (TPSA) is 51.6 Å². The summed E-state index contributed by atoms with van der Waals surface area (Å²) in [5, 5.41) is 7.95. The number of benzene rings is 7. The van der Waals surface area contributed by atoms with E-state index < -0.39 is 0 Å². The minimum atomic E-state index is 0.645. The van der Waals surface area contributed by atoms with Crippen molar-refractivity contribution in [3.8, 4) is 45.3 Å². The molecule has 0 amide bonds. The molecule has 46 heavy (non-hydrogen) atoms. The molecule has 0 spiro atoms. The SMILES string of the molecule is c1ccc(-c2cnc3c4ccccc4c4cc(-c5nc(-c6ccccc6)nc(-c6ccccc6)n5)c5ccccc5c4c3c2)cc1. The van der Waals surface area contributed by atoms with Crippen molar-refractivity contribution in [2.75, 3.05) is 0 Å². The van der Waals surface area contributed by atoms with Gasteiger partial charge in [-0.3, -0.25) is 4.98 Å². The highest BCUT2D eigenvalue weighted by Crippen LogP contribution is 2.42. The molecule has 2 heterocycles. The van der Waals surface area contributed by atoms with Crippen LogP contribution in [0.3, 0.4) is 0 Å². The first kappa shape index (κ1) is 26.2. The second-order valence-corrected chi connectivity index (χ2v) is 11.5. The first-order valence-corrected chi connectivity index (χ1v) is 15.4. The summed E-state index contributed by atoms with van der Waals surface area (Å²) in [6.45, 7) is 0. The van der Waals surface area contributed by atoms with Crippen LogP contribution in [0.4, 0.5) is 0 Å². The smallest absolute Gasteiger partial charge is 0.164 e. The van der Waals surface area contributed by atoms with Gasteiger partial charge in [0.05, 0.1) is 5.52 Å².